The van der Waals surface area contributed by atoms with Crippen molar-refractivity contribution < 1.29 is 10.3 Å². The highest BCUT2D eigenvalue weighted by Crippen LogP contribution is 2.15. The van der Waals surface area contributed by atoms with Gasteiger partial charge in [-0.15, -0.1) is 0 Å². The van der Waals surface area contributed by atoms with E-state index >= 15 is 0 Å². The largest absolute Gasteiger partial charge is 0.409 e. The van der Waals surface area contributed by atoms with Gasteiger partial charge in [-0.3, -0.25) is 0 Å². The number of nitrogens with two attached hydrogens (primary N) is 1. The van der Waals surface area contributed by atoms with Crippen LogP contribution >= 0.6 is 0 Å². The van der Waals surface area contributed by atoms with E-state index < -0.39 is 0 Å². The maximum atomic E-state index is 9.30. The Morgan fingerprint density at radius 3 is 2.42 bits per heavy atom. The van der Waals surface area contributed by atoms with E-state index in [-0.39, 0.29) is 24.4 Å². The molecule has 1 aromatic carbocycles. The lowest BCUT2D eigenvalue weighted by molar-refractivity contribution is 0.211. The van der Waals surface area contributed by atoms with Crippen molar-refractivity contribution in [1.82, 2.24) is 5.32 Å². The van der Waals surface area contributed by atoms with Crippen molar-refractivity contribution in [3.63, 3.8) is 0 Å². The third-order valence-corrected chi connectivity index (χ3v) is 3.26. The minimum Gasteiger partial charge on any atom is -0.409 e. The lowest BCUT2D eigenvalue weighted by Gasteiger charge is -2.24. The van der Waals surface area contributed by atoms with Crippen LogP contribution in [0, 0.1) is 5.92 Å². The smallest absolute Gasteiger partial charge is 0.147 e. The maximum Gasteiger partial charge on any atom is 0.147 e. The van der Waals surface area contributed by atoms with Gasteiger partial charge in [-0.1, -0.05) is 49.3 Å². The molecule has 0 aliphatic rings. The highest BCUT2D eigenvalue weighted by Gasteiger charge is 2.19. The van der Waals surface area contributed by atoms with Gasteiger partial charge in [0.2, 0.25) is 0 Å². The summed E-state index contributed by atoms with van der Waals surface area (Å²) in [6.45, 7) is 4.66. The molecule has 0 bridgehead atoms. The average Bonchev–Trinajstić information content (AvgIpc) is 2.43. The fourth-order valence-electron chi connectivity index (χ4n) is 1.93. The summed E-state index contributed by atoms with van der Waals surface area (Å²) in [7, 11) is 0. The summed E-state index contributed by atoms with van der Waals surface area (Å²) < 4.78 is 0. The highest BCUT2D eigenvalue weighted by atomic mass is 16.4. The first-order valence-electron chi connectivity index (χ1n) is 6.46. The SMILES string of the molecule is CC(C)C(CO)NCC(C(N)=NO)c1ccccc1. The Bertz CT molecular complexity index is 393. The number of hydrogen-bond acceptors (Lipinski definition) is 4. The molecule has 0 heterocycles. The van der Waals surface area contributed by atoms with Crippen LogP contribution < -0.4 is 11.1 Å². The molecule has 0 aliphatic heterocycles. The van der Waals surface area contributed by atoms with Gasteiger partial charge in [0.15, 0.2) is 0 Å². The first-order chi connectivity index (χ1) is 9.10. The summed E-state index contributed by atoms with van der Waals surface area (Å²) >= 11 is 0. The molecule has 2 atom stereocenters. The summed E-state index contributed by atoms with van der Waals surface area (Å²) in [5.74, 6) is 0.270. The Hall–Kier alpha value is -1.59. The van der Waals surface area contributed by atoms with E-state index in [0.717, 1.165) is 5.56 Å². The van der Waals surface area contributed by atoms with Gasteiger partial charge < -0.3 is 21.4 Å². The number of nitrogens with one attached hydrogen (secondary N) is 1. The summed E-state index contributed by atoms with van der Waals surface area (Å²) in [5, 5.41) is 24.6. The fraction of sp³-hybridized carbons (Fsp3) is 0.500. The van der Waals surface area contributed by atoms with Gasteiger partial charge in [0.1, 0.15) is 5.84 Å². The summed E-state index contributed by atoms with van der Waals surface area (Å²) in [6, 6.07) is 9.63. The molecule has 0 fully saturated rings. The van der Waals surface area contributed by atoms with Crippen LogP contribution in [0.2, 0.25) is 0 Å². The van der Waals surface area contributed by atoms with E-state index in [4.69, 9.17) is 10.9 Å². The van der Waals surface area contributed by atoms with E-state index in [1.807, 2.05) is 44.2 Å². The number of aliphatic hydroxyl groups excluding tert-OH is 1. The van der Waals surface area contributed by atoms with E-state index in [2.05, 4.69) is 10.5 Å². The van der Waals surface area contributed by atoms with Crippen LogP contribution in [0.25, 0.3) is 0 Å². The minimum absolute atomic E-state index is 0.00212. The van der Waals surface area contributed by atoms with Gasteiger partial charge >= 0.3 is 0 Å². The molecule has 0 spiro atoms. The monoisotopic (exact) mass is 265 g/mol. The van der Waals surface area contributed by atoms with Crippen molar-refractivity contribution in [2.75, 3.05) is 13.2 Å². The van der Waals surface area contributed by atoms with Gasteiger partial charge in [0.05, 0.1) is 12.5 Å². The highest BCUT2D eigenvalue weighted by molar-refractivity contribution is 5.87. The second kappa shape index (κ2) is 7.76. The topological polar surface area (TPSA) is 90.9 Å². The number of rotatable bonds is 7. The van der Waals surface area contributed by atoms with Crippen LogP contribution in [0.1, 0.15) is 25.3 Å². The van der Waals surface area contributed by atoms with E-state index in [1.54, 1.807) is 0 Å². The molecule has 0 saturated heterocycles. The van der Waals surface area contributed by atoms with Crippen LogP contribution in [0.5, 0.6) is 0 Å². The molecule has 0 saturated carbocycles. The van der Waals surface area contributed by atoms with Crippen molar-refractivity contribution in [2.45, 2.75) is 25.8 Å². The Balaban J connectivity index is 2.77. The van der Waals surface area contributed by atoms with Crippen molar-refractivity contribution in [2.24, 2.45) is 16.8 Å². The molecule has 19 heavy (non-hydrogen) atoms. The van der Waals surface area contributed by atoms with Crippen LogP contribution in [0.4, 0.5) is 0 Å². The Morgan fingerprint density at radius 1 is 1.32 bits per heavy atom. The standard InChI is InChI=1S/C14H23N3O2/c1-10(2)13(9-18)16-8-12(14(15)17-19)11-6-4-3-5-7-11/h3-7,10,12-13,16,18-19H,8-9H2,1-2H3,(H2,15,17). The molecular weight excluding hydrogens is 242 g/mol. The summed E-state index contributed by atoms with van der Waals surface area (Å²) in [4.78, 5) is 0. The molecule has 1 aromatic rings. The second-order valence-electron chi connectivity index (χ2n) is 4.93. The maximum absolute atomic E-state index is 9.30. The number of hydrogen-bond donors (Lipinski definition) is 4. The quantitative estimate of drug-likeness (QED) is 0.257. The first-order valence-corrected chi connectivity index (χ1v) is 6.46. The number of oxime groups is 1. The van der Waals surface area contributed by atoms with Crippen LogP contribution in [0.3, 0.4) is 0 Å². The molecule has 5 N–H and O–H groups in total. The average molecular weight is 265 g/mol. The molecule has 0 radical (unpaired) electrons. The summed E-state index contributed by atoms with van der Waals surface area (Å²) in [5.41, 5.74) is 6.73. The third-order valence-electron chi connectivity index (χ3n) is 3.26. The Kier molecular flexibility index (Phi) is 6.32. The van der Waals surface area contributed by atoms with Crippen molar-refractivity contribution in [3.8, 4) is 0 Å². The van der Waals surface area contributed by atoms with Gasteiger partial charge in [0, 0.05) is 12.6 Å². The normalized spacial score (nSPS) is 15.5. The zero-order chi connectivity index (χ0) is 14.3. The lowest BCUT2D eigenvalue weighted by Crippen LogP contribution is -2.41. The molecular formula is C14H23N3O2. The predicted molar refractivity (Wildman–Crippen MR) is 76.3 cm³/mol. The molecule has 1 rings (SSSR count). The zero-order valence-corrected chi connectivity index (χ0v) is 11.5. The van der Waals surface area contributed by atoms with Gasteiger partial charge in [-0.2, -0.15) is 0 Å². The van der Waals surface area contributed by atoms with Crippen molar-refractivity contribution in [3.05, 3.63) is 35.9 Å². The number of aliphatic hydroxyl groups is 1. The van der Waals surface area contributed by atoms with Gasteiger partial charge in [-0.25, -0.2) is 0 Å². The van der Waals surface area contributed by atoms with Crippen molar-refractivity contribution >= 4 is 5.84 Å². The molecule has 5 heteroatoms. The number of benzene rings is 1. The third kappa shape index (κ3) is 4.54. The molecule has 0 amide bonds. The van der Waals surface area contributed by atoms with Crippen LogP contribution in [-0.4, -0.2) is 35.3 Å². The second-order valence-corrected chi connectivity index (χ2v) is 4.93. The van der Waals surface area contributed by atoms with E-state index in [1.165, 1.54) is 0 Å². The molecule has 5 nitrogen and oxygen atoms in total. The molecule has 106 valence electrons. The molecule has 2 unspecified atom stereocenters. The summed E-state index contributed by atoms with van der Waals surface area (Å²) in [6.07, 6.45) is 0. The van der Waals surface area contributed by atoms with Crippen LogP contribution in [0.15, 0.2) is 35.5 Å². The van der Waals surface area contributed by atoms with Crippen LogP contribution in [-0.2, 0) is 0 Å². The lowest BCUT2D eigenvalue weighted by atomic mass is 9.96. The van der Waals surface area contributed by atoms with E-state index in [0.29, 0.717) is 12.5 Å². The van der Waals surface area contributed by atoms with E-state index in [9.17, 15) is 5.11 Å². The molecule has 0 aromatic heterocycles. The first kappa shape index (κ1) is 15.5. The zero-order valence-electron chi connectivity index (χ0n) is 11.5. The predicted octanol–water partition coefficient (Wildman–Crippen LogP) is 1.12. The number of nitrogens with zero attached hydrogens (tertiary/aromatic N) is 1. The number of amidine groups is 1. The Morgan fingerprint density at radius 2 is 1.95 bits per heavy atom. The van der Waals surface area contributed by atoms with Crippen molar-refractivity contribution in [1.29, 1.82) is 0 Å². The van der Waals surface area contributed by atoms with Gasteiger partial charge in [0.25, 0.3) is 0 Å². The van der Waals surface area contributed by atoms with Gasteiger partial charge in [-0.05, 0) is 11.5 Å². The Labute approximate surface area is 114 Å². The molecule has 0 aliphatic carbocycles. The minimum atomic E-state index is -0.209. The fourth-order valence-corrected chi connectivity index (χ4v) is 1.93.